The van der Waals surface area contributed by atoms with Crippen LogP contribution in [0.2, 0.25) is 5.02 Å². The number of hydrogen-bond donors (Lipinski definition) is 1. The number of nitrogens with one attached hydrogen (secondary N) is 1. The largest absolute Gasteiger partial charge is 0.310 e. The van der Waals surface area contributed by atoms with E-state index in [9.17, 15) is 9.18 Å². The molecule has 0 aliphatic rings. The van der Waals surface area contributed by atoms with Gasteiger partial charge in [-0.05, 0) is 23.8 Å². The van der Waals surface area contributed by atoms with Gasteiger partial charge in [0.15, 0.2) is 0 Å². The average molecular weight is 266 g/mol. The van der Waals surface area contributed by atoms with Crippen molar-refractivity contribution in [3.05, 3.63) is 53.2 Å². The molecule has 18 heavy (non-hydrogen) atoms. The molecule has 0 fully saturated rings. The lowest BCUT2D eigenvalue weighted by Gasteiger charge is -2.05. The van der Waals surface area contributed by atoms with Crippen molar-refractivity contribution in [2.24, 2.45) is 0 Å². The fraction of sp³-hybridized carbons (Fsp3) is 0.0833. The van der Waals surface area contributed by atoms with Gasteiger partial charge in [0.2, 0.25) is 5.91 Å². The summed E-state index contributed by atoms with van der Waals surface area (Å²) in [6.07, 6.45) is 2.75. The molecule has 2 rings (SSSR count). The number of rotatable bonds is 3. The Morgan fingerprint density at radius 2 is 2.22 bits per heavy atom. The number of carbonyl (C=O) groups is 1. The van der Waals surface area contributed by atoms with E-state index in [1.54, 1.807) is 6.07 Å². The Morgan fingerprint density at radius 1 is 1.39 bits per heavy atom. The smallest absolute Gasteiger partial charge is 0.230 e. The number of halogens is 2. The van der Waals surface area contributed by atoms with Gasteiger partial charge in [-0.2, -0.15) is 0 Å². The van der Waals surface area contributed by atoms with E-state index in [0.717, 1.165) is 0 Å². The minimum atomic E-state index is -0.500. The fourth-order valence-corrected chi connectivity index (χ4v) is 1.55. The van der Waals surface area contributed by atoms with Crippen LogP contribution in [0.1, 0.15) is 5.56 Å². The standard InChI is InChI=1S/C12H9ClFN3O/c13-9-2-1-8(10(14)6-9)5-12(18)17-11-3-4-15-7-16-11/h1-4,6-7H,5H2,(H,15,16,17,18). The zero-order chi connectivity index (χ0) is 13.0. The highest BCUT2D eigenvalue weighted by molar-refractivity contribution is 6.30. The second-order valence-electron chi connectivity index (χ2n) is 3.56. The summed E-state index contributed by atoms with van der Waals surface area (Å²) in [7, 11) is 0. The van der Waals surface area contributed by atoms with Gasteiger partial charge in [-0.15, -0.1) is 0 Å². The van der Waals surface area contributed by atoms with Crippen molar-refractivity contribution >= 4 is 23.3 Å². The van der Waals surface area contributed by atoms with Gasteiger partial charge in [-0.1, -0.05) is 17.7 Å². The zero-order valence-electron chi connectivity index (χ0n) is 9.23. The van der Waals surface area contributed by atoms with Gasteiger partial charge in [0.05, 0.1) is 6.42 Å². The van der Waals surface area contributed by atoms with Crippen LogP contribution in [-0.2, 0) is 11.2 Å². The minimum absolute atomic E-state index is 0.0764. The van der Waals surface area contributed by atoms with Crippen LogP contribution < -0.4 is 5.32 Å². The summed E-state index contributed by atoms with van der Waals surface area (Å²) in [6, 6.07) is 5.75. The maximum Gasteiger partial charge on any atom is 0.230 e. The lowest BCUT2D eigenvalue weighted by Crippen LogP contribution is -2.16. The lowest BCUT2D eigenvalue weighted by atomic mass is 10.1. The van der Waals surface area contributed by atoms with Gasteiger partial charge < -0.3 is 5.32 Å². The zero-order valence-corrected chi connectivity index (χ0v) is 9.99. The molecule has 0 spiro atoms. The molecule has 1 N–H and O–H groups in total. The van der Waals surface area contributed by atoms with E-state index < -0.39 is 5.82 Å². The second-order valence-corrected chi connectivity index (χ2v) is 3.99. The maximum atomic E-state index is 13.5. The number of nitrogens with zero attached hydrogens (tertiary/aromatic N) is 2. The van der Waals surface area contributed by atoms with Crippen LogP contribution in [0.4, 0.5) is 10.2 Å². The Labute approximate surface area is 108 Å². The number of hydrogen-bond acceptors (Lipinski definition) is 3. The van der Waals surface area contributed by atoms with E-state index >= 15 is 0 Å². The summed E-state index contributed by atoms with van der Waals surface area (Å²) in [5.74, 6) is -0.473. The fourth-order valence-electron chi connectivity index (χ4n) is 1.39. The first-order valence-electron chi connectivity index (χ1n) is 5.15. The molecule has 0 atom stereocenters. The van der Waals surface area contributed by atoms with Crippen molar-refractivity contribution in [3.63, 3.8) is 0 Å². The van der Waals surface area contributed by atoms with Crippen molar-refractivity contribution in [2.75, 3.05) is 5.32 Å². The van der Waals surface area contributed by atoms with Crippen LogP contribution in [0.3, 0.4) is 0 Å². The Kier molecular flexibility index (Phi) is 3.84. The molecule has 2 aromatic rings. The number of benzene rings is 1. The first-order valence-corrected chi connectivity index (χ1v) is 5.53. The first-order chi connectivity index (χ1) is 8.65. The Hall–Kier alpha value is -2.01. The van der Waals surface area contributed by atoms with E-state index in [-0.39, 0.29) is 17.9 Å². The van der Waals surface area contributed by atoms with E-state index in [0.29, 0.717) is 10.8 Å². The molecule has 92 valence electrons. The minimum Gasteiger partial charge on any atom is -0.310 e. The number of anilines is 1. The predicted molar refractivity (Wildman–Crippen MR) is 65.8 cm³/mol. The van der Waals surface area contributed by atoms with Gasteiger partial charge in [0.25, 0.3) is 0 Å². The predicted octanol–water partition coefficient (Wildman–Crippen LogP) is 2.45. The number of amides is 1. The van der Waals surface area contributed by atoms with Crippen LogP contribution in [0, 0.1) is 5.82 Å². The highest BCUT2D eigenvalue weighted by Crippen LogP contribution is 2.15. The molecule has 0 radical (unpaired) electrons. The third-order valence-electron chi connectivity index (χ3n) is 2.22. The van der Waals surface area contributed by atoms with Crippen LogP contribution >= 0.6 is 11.6 Å². The summed E-state index contributed by atoms with van der Waals surface area (Å²) >= 11 is 5.63. The molecule has 6 heteroatoms. The SMILES string of the molecule is O=C(Cc1ccc(Cl)cc1F)Nc1ccncn1. The summed E-state index contributed by atoms with van der Waals surface area (Å²) in [6.45, 7) is 0. The molecule has 0 saturated heterocycles. The molecule has 1 aromatic heterocycles. The van der Waals surface area contributed by atoms with E-state index in [2.05, 4.69) is 15.3 Å². The second kappa shape index (κ2) is 5.55. The third-order valence-corrected chi connectivity index (χ3v) is 2.45. The van der Waals surface area contributed by atoms with Gasteiger partial charge >= 0.3 is 0 Å². The van der Waals surface area contributed by atoms with Crippen molar-refractivity contribution in [1.29, 1.82) is 0 Å². The molecule has 0 unspecified atom stereocenters. The first kappa shape index (κ1) is 12.4. The highest BCUT2D eigenvalue weighted by Gasteiger charge is 2.09. The Balaban J connectivity index is 2.03. The van der Waals surface area contributed by atoms with Gasteiger partial charge in [-0.3, -0.25) is 4.79 Å². The van der Waals surface area contributed by atoms with Gasteiger partial charge in [0.1, 0.15) is 18.0 Å². The van der Waals surface area contributed by atoms with Crippen molar-refractivity contribution in [2.45, 2.75) is 6.42 Å². The van der Waals surface area contributed by atoms with Crippen molar-refractivity contribution in [3.8, 4) is 0 Å². The molecule has 0 aliphatic carbocycles. The summed E-state index contributed by atoms with van der Waals surface area (Å²) in [5, 5.41) is 2.84. The van der Waals surface area contributed by atoms with E-state index in [4.69, 9.17) is 11.6 Å². The molecule has 1 amide bonds. The van der Waals surface area contributed by atoms with Crippen molar-refractivity contribution < 1.29 is 9.18 Å². The summed E-state index contributed by atoms with van der Waals surface area (Å²) < 4.78 is 13.5. The molecule has 0 aliphatic heterocycles. The third kappa shape index (κ3) is 3.24. The van der Waals surface area contributed by atoms with Crippen LogP contribution in [-0.4, -0.2) is 15.9 Å². The normalized spacial score (nSPS) is 10.1. The van der Waals surface area contributed by atoms with Crippen LogP contribution in [0.25, 0.3) is 0 Å². The molecule has 1 heterocycles. The molecule has 0 bridgehead atoms. The molecular weight excluding hydrogens is 257 g/mol. The Bertz CT molecular complexity index is 563. The van der Waals surface area contributed by atoms with E-state index in [1.165, 1.54) is 30.7 Å². The summed E-state index contributed by atoms with van der Waals surface area (Å²) in [4.78, 5) is 19.2. The lowest BCUT2D eigenvalue weighted by molar-refractivity contribution is -0.115. The number of aromatic nitrogens is 2. The molecular formula is C12H9ClFN3O. The van der Waals surface area contributed by atoms with Crippen LogP contribution in [0.15, 0.2) is 36.8 Å². The molecule has 0 saturated carbocycles. The highest BCUT2D eigenvalue weighted by atomic mass is 35.5. The number of carbonyl (C=O) groups excluding carboxylic acids is 1. The monoisotopic (exact) mass is 265 g/mol. The molecule has 4 nitrogen and oxygen atoms in total. The van der Waals surface area contributed by atoms with Crippen molar-refractivity contribution in [1.82, 2.24) is 9.97 Å². The topological polar surface area (TPSA) is 54.9 Å². The average Bonchev–Trinajstić information content (AvgIpc) is 2.34. The quantitative estimate of drug-likeness (QED) is 0.927. The summed E-state index contributed by atoms with van der Waals surface area (Å²) in [5.41, 5.74) is 0.283. The van der Waals surface area contributed by atoms with Crippen LogP contribution in [0.5, 0.6) is 0 Å². The molecule has 1 aromatic carbocycles. The Morgan fingerprint density at radius 3 is 2.89 bits per heavy atom. The maximum absolute atomic E-state index is 13.5. The van der Waals surface area contributed by atoms with Gasteiger partial charge in [-0.25, -0.2) is 14.4 Å². The van der Waals surface area contributed by atoms with Gasteiger partial charge in [0, 0.05) is 11.2 Å². The van der Waals surface area contributed by atoms with E-state index in [1.807, 2.05) is 0 Å².